The molecule has 0 N–H and O–H groups in total. The first kappa shape index (κ1) is 15.3. The van der Waals surface area contributed by atoms with Crippen molar-refractivity contribution in [1.82, 2.24) is 4.98 Å². The fourth-order valence-corrected chi connectivity index (χ4v) is 2.85. The number of pyridine rings is 1. The molecule has 0 radical (unpaired) electrons. The van der Waals surface area contributed by atoms with Crippen LogP contribution in [-0.2, 0) is 0 Å². The van der Waals surface area contributed by atoms with Crippen molar-refractivity contribution in [1.29, 1.82) is 5.26 Å². The summed E-state index contributed by atoms with van der Waals surface area (Å²) in [6.45, 7) is 2.34. The van der Waals surface area contributed by atoms with E-state index in [0.29, 0.717) is 24.0 Å². The lowest BCUT2D eigenvalue weighted by Crippen LogP contribution is -2.36. The maximum absolute atomic E-state index is 13.2. The molecular formula is C18H18FN3O. The average molecular weight is 311 g/mol. The molecule has 5 heteroatoms. The van der Waals surface area contributed by atoms with Crippen molar-refractivity contribution in [2.45, 2.75) is 12.8 Å². The number of nitrogens with zero attached hydrogens (tertiary/aromatic N) is 3. The summed E-state index contributed by atoms with van der Waals surface area (Å²) >= 11 is 0. The Bertz CT molecular complexity index is 691. The molecule has 0 bridgehead atoms. The second kappa shape index (κ2) is 7.10. The van der Waals surface area contributed by atoms with Crippen molar-refractivity contribution in [3.63, 3.8) is 0 Å². The highest BCUT2D eigenvalue weighted by atomic mass is 19.1. The van der Waals surface area contributed by atoms with Crippen LogP contribution in [0.4, 0.5) is 10.1 Å². The van der Waals surface area contributed by atoms with Crippen LogP contribution in [0.3, 0.4) is 0 Å². The van der Waals surface area contributed by atoms with Crippen molar-refractivity contribution < 1.29 is 9.13 Å². The van der Waals surface area contributed by atoms with E-state index in [9.17, 15) is 4.39 Å². The van der Waals surface area contributed by atoms with Crippen LogP contribution >= 0.6 is 0 Å². The van der Waals surface area contributed by atoms with Gasteiger partial charge in [0, 0.05) is 25.4 Å². The quantitative estimate of drug-likeness (QED) is 0.868. The van der Waals surface area contributed by atoms with Crippen molar-refractivity contribution in [2.24, 2.45) is 5.92 Å². The Hall–Kier alpha value is -2.61. The lowest BCUT2D eigenvalue weighted by atomic mass is 9.97. The number of aromatic nitrogens is 1. The smallest absolute Gasteiger partial charge is 0.213 e. The van der Waals surface area contributed by atoms with Crippen LogP contribution in [0, 0.1) is 23.1 Å². The highest BCUT2D eigenvalue weighted by molar-refractivity contribution is 5.59. The normalized spacial score (nSPS) is 15.2. The van der Waals surface area contributed by atoms with E-state index < -0.39 is 0 Å². The van der Waals surface area contributed by atoms with Gasteiger partial charge < -0.3 is 9.64 Å². The zero-order chi connectivity index (χ0) is 16.1. The van der Waals surface area contributed by atoms with Gasteiger partial charge in [0.15, 0.2) is 0 Å². The van der Waals surface area contributed by atoms with Gasteiger partial charge in [-0.05, 0) is 43.0 Å². The summed E-state index contributed by atoms with van der Waals surface area (Å²) in [5.74, 6) is 0.753. The minimum Gasteiger partial charge on any atom is -0.477 e. The molecular weight excluding hydrogens is 293 g/mol. The van der Waals surface area contributed by atoms with Gasteiger partial charge >= 0.3 is 0 Å². The van der Waals surface area contributed by atoms with Crippen LogP contribution in [-0.4, -0.2) is 24.7 Å². The summed E-state index contributed by atoms with van der Waals surface area (Å²) in [7, 11) is 0. The molecule has 0 spiro atoms. The first-order chi connectivity index (χ1) is 11.3. The van der Waals surface area contributed by atoms with Crippen LogP contribution in [0.15, 0.2) is 42.6 Å². The van der Waals surface area contributed by atoms with Crippen molar-refractivity contribution >= 4 is 5.69 Å². The summed E-state index contributed by atoms with van der Waals surface area (Å²) in [5, 5.41) is 9.17. The third-order valence-corrected chi connectivity index (χ3v) is 4.14. The van der Waals surface area contributed by atoms with Gasteiger partial charge in [-0.1, -0.05) is 6.07 Å². The molecule has 0 atom stereocenters. The Morgan fingerprint density at radius 3 is 2.78 bits per heavy atom. The van der Waals surface area contributed by atoms with Crippen LogP contribution in [0.5, 0.6) is 5.88 Å². The van der Waals surface area contributed by atoms with Gasteiger partial charge in [-0.3, -0.25) is 0 Å². The van der Waals surface area contributed by atoms with Gasteiger partial charge in [-0.25, -0.2) is 9.37 Å². The topological polar surface area (TPSA) is 49.2 Å². The number of benzene rings is 1. The molecule has 118 valence electrons. The minimum atomic E-state index is -0.371. The summed E-state index contributed by atoms with van der Waals surface area (Å²) < 4.78 is 18.9. The van der Waals surface area contributed by atoms with Gasteiger partial charge in [-0.15, -0.1) is 0 Å². The van der Waals surface area contributed by atoms with Gasteiger partial charge in [0.25, 0.3) is 0 Å². The van der Waals surface area contributed by atoms with E-state index in [2.05, 4.69) is 16.0 Å². The maximum Gasteiger partial charge on any atom is 0.213 e. The Kier molecular flexibility index (Phi) is 4.72. The fraction of sp³-hybridized carbons (Fsp3) is 0.333. The zero-order valence-electron chi connectivity index (χ0n) is 12.8. The Balaban J connectivity index is 1.55. The second-order valence-corrected chi connectivity index (χ2v) is 5.68. The molecule has 2 aromatic rings. The molecule has 1 aromatic carbocycles. The number of piperidine rings is 1. The highest BCUT2D eigenvalue weighted by Crippen LogP contribution is 2.27. The minimum absolute atomic E-state index is 0.371. The predicted molar refractivity (Wildman–Crippen MR) is 85.8 cm³/mol. The number of rotatable bonds is 4. The number of anilines is 1. The van der Waals surface area contributed by atoms with E-state index in [-0.39, 0.29) is 5.82 Å². The Morgan fingerprint density at radius 2 is 2.09 bits per heavy atom. The maximum atomic E-state index is 13.2. The SMILES string of the molecule is N#Cc1cc(F)ccc1N1CCC(COc2ccccn2)CC1. The van der Waals surface area contributed by atoms with E-state index in [1.54, 1.807) is 12.3 Å². The molecule has 0 amide bonds. The molecule has 2 heterocycles. The molecule has 1 aliphatic rings. The molecule has 4 nitrogen and oxygen atoms in total. The zero-order valence-corrected chi connectivity index (χ0v) is 12.8. The van der Waals surface area contributed by atoms with Crippen molar-refractivity contribution in [3.8, 4) is 11.9 Å². The monoisotopic (exact) mass is 311 g/mol. The standard InChI is InChI=1S/C18H18FN3O/c19-16-4-5-17(15(11-16)12-20)22-9-6-14(7-10-22)13-23-18-3-1-2-8-21-18/h1-5,8,11,14H,6-7,9-10,13H2. The number of nitriles is 1. The second-order valence-electron chi connectivity index (χ2n) is 5.68. The molecule has 0 saturated carbocycles. The number of ether oxygens (including phenoxy) is 1. The van der Waals surface area contributed by atoms with Gasteiger partial charge in [-0.2, -0.15) is 5.26 Å². The van der Waals surface area contributed by atoms with E-state index in [1.165, 1.54) is 12.1 Å². The van der Waals surface area contributed by atoms with Gasteiger partial charge in [0.1, 0.15) is 11.9 Å². The molecule has 0 aliphatic carbocycles. The van der Waals surface area contributed by atoms with E-state index in [1.807, 2.05) is 18.2 Å². The van der Waals surface area contributed by atoms with Gasteiger partial charge in [0.05, 0.1) is 17.9 Å². The lowest BCUT2D eigenvalue weighted by molar-refractivity contribution is 0.216. The molecule has 0 unspecified atom stereocenters. The Morgan fingerprint density at radius 1 is 1.26 bits per heavy atom. The third-order valence-electron chi connectivity index (χ3n) is 4.14. The highest BCUT2D eigenvalue weighted by Gasteiger charge is 2.22. The van der Waals surface area contributed by atoms with E-state index in [0.717, 1.165) is 31.6 Å². The molecule has 1 fully saturated rings. The molecule has 23 heavy (non-hydrogen) atoms. The molecule has 3 rings (SSSR count). The summed E-state index contributed by atoms with van der Waals surface area (Å²) in [4.78, 5) is 6.30. The largest absolute Gasteiger partial charge is 0.477 e. The van der Waals surface area contributed by atoms with Crippen LogP contribution in [0.1, 0.15) is 18.4 Å². The third kappa shape index (κ3) is 3.78. The number of hydrogen-bond acceptors (Lipinski definition) is 4. The van der Waals surface area contributed by atoms with Crippen molar-refractivity contribution in [3.05, 3.63) is 54.0 Å². The average Bonchev–Trinajstić information content (AvgIpc) is 2.61. The lowest BCUT2D eigenvalue weighted by Gasteiger charge is -2.33. The first-order valence-corrected chi connectivity index (χ1v) is 7.74. The molecule has 1 aromatic heterocycles. The Labute approximate surface area is 135 Å². The first-order valence-electron chi connectivity index (χ1n) is 7.74. The van der Waals surface area contributed by atoms with E-state index in [4.69, 9.17) is 10.00 Å². The molecule has 1 aliphatic heterocycles. The summed E-state index contributed by atoms with van der Waals surface area (Å²) in [6, 6.07) is 12.1. The predicted octanol–water partition coefficient (Wildman–Crippen LogP) is 3.39. The summed E-state index contributed by atoms with van der Waals surface area (Å²) in [5.41, 5.74) is 1.21. The summed E-state index contributed by atoms with van der Waals surface area (Å²) in [6.07, 6.45) is 3.68. The fourth-order valence-electron chi connectivity index (χ4n) is 2.85. The number of halogens is 1. The van der Waals surface area contributed by atoms with E-state index >= 15 is 0 Å². The van der Waals surface area contributed by atoms with Crippen molar-refractivity contribution in [2.75, 3.05) is 24.6 Å². The van der Waals surface area contributed by atoms with Gasteiger partial charge in [0.2, 0.25) is 5.88 Å². The van der Waals surface area contributed by atoms with Crippen LogP contribution in [0.25, 0.3) is 0 Å². The van der Waals surface area contributed by atoms with Crippen LogP contribution < -0.4 is 9.64 Å². The molecule has 1 saturated heterocycles. The van der Waals surface area contributed by atoms with Crippen LogP contribution in [0.2, 0.25) is 0 Å². The number of hydrogen-bond donors (Lipinski definition) is 0.